The lowest BCUT2D eigenvalue weighted by Crippen LogP contribution is -2.25. The van der Waals surface area contributed by atoms with Crippen molar-refractivity contribution in [2.45, 2.75) is 17.7 Å². The number of carbonyl (C=O) groups is 1. The molecule has 0 bridgehead atoms. The molecule has 0 amide bonds. The minimum absolute atomic E-state index is 0.0475. The molecule has 2 aromatic carbocycles. The first-order valence-corrected chi connectivity index (χ1v) is 9.48. The summed E-state index contributed by atoms with van der Waals surface area (Å²) in [5.74, 6) is -1.92. The summed E-state index contributed by atoms with van der Waals surface area (Å²) in [6.07, 6.45) is 0. The highest BCUT2D eigenvalue weighted by atomic mass is 32.2. The standard InChI is InChI=1S/C18H18N2O5S/c1-11(18(21)22)17-16(10-25-20-17)14-4-2-3-13(9-14)12-5-7-15(8-6-12)26(19,23)24/h2-9,11,16H,10H2,1H3,(H,21,22)(H2,19,23,24). The summed E-state index contributed by atoms with van der Waals surface area (Å²) in [5, 5.41) is 18.3. The van der Waals surface area contributed by atoms with E-state index < -0.39 is 21.9 Å². The van der Waals surface area contributed by atoms with Crippen LogP contribution in [0.15, 0.2) is 58.6 Å². The van der Waals surface area contributed by atoms with Crippen LogP contribution in [0.5, 0.6) is 0 Å². The Hall–Kier alpha value is -2.71. The zero-order valence-corrected chi connectivity index (χ0v) is 14.8. The summed E-state index contributed by atoms with van der Waals surface area (Å²) in [6.45, 7) is 1.87. The fourth-order valence-corrected chi connectivity index (χ4v) is 3.40. The molecule has 7 nitrogen and oxygen atoms in total. The number of hydrogen-bond acceptors (Lipinski definition) is 5. The molecular weight excluding hydrogens is 356 g/mol. The quantitative estimate of drug-likeness (QED) is 0.831. The van der Waals surface area contributed by atoms with Gasteiger partial charge in [-0.05, 0) is 35.7 Å². The fourth-order valence-electron chi connectivity index (χ4n) is 2.88. The highest BCUT2D eigenvalue weighted by molar-refractivity contribution is 7.89. The van der Waals surface area contributed by atoms with Crippen LogP contribution >= 0.6 is 0 Å². The molecule has 2 aromatic rings. The largest absolute Gasteiger partial charge is 0.481 e. The van der Waals surface area contributed by atoms with Gasteiger partial charge >= 0.3 is 5.97 Å². The Morgan fingerprint density at radius 2 is 1.92 bits per heavy atom. The van der Waals surface area contributed by atoms with Crippen LogP contribution in [-0.4, -0.2) is 31.8 Å². The van der Waals surface area contributed by atoms with Crippen molar-refractivity contribution < 1.29 is 23.2 Å². The number of carboxylic acid groups (broad SMARTS) is 1. The molecule has 3 N–H and O–H groups in total. The lowest BCUT2D eigenvalue weighted by atomic mass is 9.87. The van der Waals surface area contributed by atoms with E-state index in [9.17, 15) is 18.3 Å². The first-order chi connectivity index (χ1) is 12.3. The Morgan fingerprint density at radius 3 is 2.54 bits per heavy atom. The molecule has 0 saturated carbocycles. The lowest BCUT2D eigenvalue weighted by molar-refractivity contribution is -0.138. The molecule has 136 valence electrons. The number of benzene rings is 2. The van der Waals surface area contributed by atoms with Crippen molar-refractivity contribution in [1.82, 2.24) is 0 Å². The van der Waals surface area contributed by atoms with Gasteiger partial charge in [-0.3, -0.25) is 4.79 Å². The molecule has 2 atom stereocenters. The highest BCUT2D eigenvalue weighted by Crippen LogP contribution is 2.30. The van der Waals surface area contributed by atoms with E-state index in [1.54, 1.807) is 19.1 Å². The number of nitrogens with two attached hydrogens (primary N) is 1. The summed E-state index contributed by atoms with van der Waals surface area (Å²) in [6, 6.07) is 13.8. The molecule has 0 radical (unpaired) electrons. The third-order valence-electron chi connectivity index (χ3n) is 4.39. The molecule has 8 heteroatoms. The smallest absolute Gasteiger partial charge is 0.312 e. The van der Waals surface area contributed by atoms with Crippen LogP contribution in [0, 0.1) is 5.92 Å². The summed E-state index contributed by atoms with van der Waals surface area (Å²) in [5.41, 5.74) is 3.07. The second-order valence-electron chi connectivity index (χ2n) is 6.12. The first kappa shape index (κ1) is 18.1. The number of sulfonamides is 1. The number of rotatable bonds is 5. The second kappa shape index (κ2) is 6.89. The number of hydrogen-bond donors (Lipinski definition) is 2. The predicted octanol–water partition coefficient (Wildman–Crippen LogP) is 2.19. The van der Waals surface area contributed by atoms with Crippen LogP contribution in [0.1, 0.15) is 18.4 Å². The van der Waals surface area contributed by atoms with Crippen molar-refractivity contribution in [2.24, 2.45) is 16.2 Å². The fraction of sp³-hybridized carbons (Fsp3) is 0.222. The van der Waals surface area contributed by atoms with E-state index in [-0.39, 0.29) is 10.8 Å². The Balaban J connectivity index is 1.92. The molecule has 0 aliphatic carbocycles. The Labute approximate surface area is 151 Å². The van der Waals surface area contributed by atoms with Gasteiger partial charge in [-0.1, -0.05) is 41.6 Å². The van der Waals surface area contributed by atoms with Crippen molar-refractivity contribution >= 4 is 21.7 Å². The Morgan fingerprint density at radius 1 is 1.23 bits per heavy atom. The molecule has 2 unspecified atom stereocenters. The number of aliphatic carboxylic acids is 1. The molecular formula is C18H18N2O5S. The normalized spacial score (nSPS) is 18.1. The van der Waals surface area contributed by atoms with Crippen LogP contribution in [0.4, 0.5) is 0 Å². The van der Waals surface area contributed by atoms with E-state index in [0.29, 0.717) is 12.3 Å². The van der Waals surface area contributed by atoms with Crippen LogP contribution in [0.3, 0.4) is 0 Å². The van der Waals surface area contributed by atoms with Crippen molar-refractivity contribution in [3.8, 4) is 11.1 Å². The Bertz CT molecular complexity index is 967. The van der Waals surface area contributed by atoms with E-state index in [2.05, 4.69) is 5.16 Å². The minimum Gasteiger partial charge on any atom is -0.481 e. The topological polar surface area (TPSA) is 119 Å². The third kappa shape index (κ3) is 3.61. The van der Waals surface area contributed by atoms with Gasteiger partial charge in [-0.2, -0.15) is 0 Å². The third-order valence-corrected chi connectivity index (χ3v) is 5.32. The predicted molar refractivity (Wildman–Crippen MR) is 96.2 cm³/mol. The Kier molecular flexibility index (Phi) is 4.80. The van der Waals surface area contributed by atoms with Gasteiger partial charge < -0.3 is 9.94 Å². The molecule has 1 aliphatic rings. The lowest BCUT2D eigenvalue weighted by Gasteiger charge is -2.15. The average Bonchev–Trinajstić information content (AvgIpc) is 3.10. The summed E-state index contributed by atoms with van der Waals surface area (Å²) in [7, 11) is -3.74. The number of carboxylic acids is 1. The van der Waals surface area contributed by atoms with Gasteiger partial charge in [0.2, 0.25) is 10.0 Å². The minimum atomic E-state index is -3.74. The molecule has 0 aromatic heterocycles. The van der Waals surface area contributed by atoms with E-state index in [1.807, 2.05) is 24.3 Å². The monoisotopic (exact) mass is 374 g/mol. The van der Waals surface area contributed by atoms with Crippen molar-refractivity contribution in [3.63, 3.8) is 0 Å². The summed E-state index contributed by atoms with van der Waals surface area (Å²) < 4.78 is 22.7. The van der Waals surface area contributed by atoms with Gasteiger partial charge in [-0.15, -0.1) is 0 Å². The van der Waals surface area contributed by atoms with Gasteiger partial charge in [0.25, 0.3) is 0 Å². The van der Waals surface area contributed by atoms with E-state index in [4.69, 9.17) is 9.98 Å². The maximum absolute atomic E-state index is 11.4. The first-order valence-electron chi connectivity index (χ1n) is 7.93. The zero-order valence-electron chi connectivity index (χ0n) is 14.0. The molecule has 3 rings (SSSR count). The van der Waals surface area contributed by atoms with Gasteiger partial charge in [0.1, 0.15) is 6.61 Å². The van der Waals surface area contributed by atoms with Gasteiger partial charge in [0, 0.05) is 0 Å². The van der Waals surface area contributed by atoms with E-state index in [0.717, 1.165) is 16.7 Å². The molecule has 0 spiro atoms. The maximum atomic E-state index is 11.4. The van der Waals surface area contributed by atoms with Crippen LogP contribution in [-0.2, 0) is 19.7 Å². The second-order valence-corrected chi connectivity index (χ2v) is 7.68. The average molecular weight is 374 g/mol. The molecule has 0 fully saturated rings. The molecule has 0 saturated heterocycles. The van der Waals surface area contributed by atoms with Crippen molar-refractivity contribution in [3.05, 3.63) is 54.1 Å². The van der Waals surface area contributed by atoms with Crippen molar-refractivity contribution in [2.75, 3.05) is 6.61 Å². The van der Waals surface area contributed by atoms with Crippen LogP contribution in [0.2, 0.25) is 0 Å². The van der Waals surface area contributed by atoms with Gasteiger partial charge in [-0.25, -0.2) is 13.6 Å². The highest BCUT2D eigenvalue weighted by Gasteiger charge is 2.32. The SMILES string of the molecule is CC(C(=O)O)C1=NOCC1c1cccc(-c2ccc(S(N)(=O)=O)cc2)c1. The molecule has 26 heavy (non-hydrogen) atoms. The summed E-state index contributed by atoms with van der Waals surface area (Å²) >= 11 is 0. The van der Waals surface area contributed by atoms with Gasteiger partial charge in [0.05, 0.1) is 22.4 Å². The molecule has 1 heterocycles. The number of nitrogens with zero attached hydrogens (tertiary/aromatic N) is 1. The van der Waals surface area contributed by atoms with Crippen LogP contribution < -0.4 is 5.14 Å². The zero-order chi connectivity index (χ0) is 18.9. The van der Waals surface area contributed by atoms with E-state index in [1.165, 1.54) is 12.1 Å². The molecule has 1 aliphatic heterocycles. The number of oxime groups is 1. The van der Waals surface area contributed by atoms with Crippen molar-refractivity contribution in [1.29, 1.82) is 0 Å². The summed E-state index contributed by atoms with van der Waals surface area (Å²) in [4.78, 5) is 16.5. The maximum Gasteiger partial charge on any atom is 0.312 e. The van der Waals surface area contributed by atoms with E-state index >= 15 is 0 Å². The number of primary sulfonamides is 1. The van der Waals surface area contributed by atoms with Crippen LogP contribution in [0.25, 0.3) is 11.1 Å². The van der Waals surface area contributed by atoms with Gasteiger partial charge in [0.15, 0.2) is 0 Å².